The van der Waals surface area contributed by atoms with Crippen LogP contribution in [-0.2, 0) is 16.2 Å². The van der Waals surface area contributed by atoms with Crippen molar-refractivity contribution in [3.05, 3.63) is 59.7 Å². The first kappa shape index (κ1) is 22.2. The van der Waals surface area contributed by atoms with E-state index in [-0.39, 0.29) is 32.6 Å². The number of alkyl halides is 3. The normalized spacial score (nSPS) is 15.7. The highest BCUT2D eigenvalue weighted by Gasteiger charge is 2.34. The Kier molecular flexibility index (Phi) is 5.68. The molecule has 10 heteroatoms. The van der Waals surface area contributed by atoms with Gasteiger partial charge in [-0.1, -0.05) is 24.6 Å². The van der Waals surface area contributed by atoms with Crippen LogP contribution in [-0.4, -0.2) is 41.9 Å². The van der Waals surface area contributed by atoms with Gasteiger partial charge in [0.1, 0.15) is 0 Å². The summed E-state index contributed by atoms with van der Waals surface area (Å²) in [6, 6.07) is 9.69. The molecule has 4 rings (SSSR count). The number of aromatic carboxylic acids is 1. The maximum Gasteiger partial charge on any atom is 0.417 e. The van der Waals surface area contributed by atoms with Crippen LogP contribution in [0.15, 0.2) is 53.4 Å². The average Bonchev–Trinajstić information content (AvgIpc) is 2.77. The van der Waals surface area contributed by atoms with E-state index >= 15 is 0 Å². The van der Waals surface area contributed by atoms with Crippen LogP contribution in [0.25, 0.3) is 22.2 Å². The molecule has 1 N–H and O–H groups in total. The summed E-state index contributed by atoms with van der Waals surface area (Å²) in [4.78, 5) is 16.1. The maximum absolute atomic E-state index is 13.5. The van der Waals surface area contributed by atoms with E-state index in [9.17, 15) is 31.5 Å². The first-order valence-corrected chi connectivity index (χ1v) is 11.4. The van der Waals surface area contributed by atoms with Crippen molar-refractivity contribution in [2.24, 2.45) is 0 Å². The molecule has 0 atom stereocenters. The van der Waals surface area contributed by atoms with E-state index in [0.29, 0.717) is 13.1 Å². The number of nitrogens with zero attached hydrogens (tertiary/aromatic N) is 2. The molecule has 3 aromatic rings. The molecule has 0 bridgehead atoms. The summed E-state index contributed by atoms with van der Waals surface area (Å²) in [5.41, 5.74) is -1.58. The highest BCUT2D eigenvalue weighted by molar-refractivity contribution is 7.89. The number of halogens is 3. The van der Waals surface area contributed by atoms with Gasteiger partial charge in [-0.2, -0.15) is 17.5 Å². The lowest BCUT2D eigenvalue weighted by Gasteiger charge is -2.26. The molecule has 32 heavy (non-hydrogen) atoms. The lowest BCUT2D eigenvalue weighted by Crippen LogP contribution is -2.35. The van der Waals surface area contributed by atoms with Crippen molar-refractivity contribution < 1.29 is 31.5 Å². The largest absolute Gasteiger partial charge is 0.478 e. The van der Waals surface area contributed by atoms with Crippen LogP contribution < -0.4 is 0 Å². The predicted octanol–water partition coefficient (Wildman–Crippen LogP) is 4.79. The molecule has 1 saturated heterocycles. The zero-order valence-electron chi connectivity index (χ0n) is 16.8. The molecule has 1 aliphatic rings. The molecule has 0 saturated carbocycles. The molecule has 1 aromatic heterocycles. The maximum atomic E-state index is 13.5. The third kappa shape index (κ3) is 4.07. The Balaban J connectivity index is 1.88. The Morgan fingerprint density at radius 3 is 2.34 bits per heavy atom. The minimum absolute atomic E-state index is 0.0452. The molecular formula is C22H19F3N2O4S. The predicted molar refractivity (Wildman–Crippen MR) is 112 cm³/mol. The number of pyridine rings is 1. The fraction of sp³-hybridized carbons (Fsp3) is 0.273. The third-order valence-electron chi connectivity index (χ3n) is 5.47. The quantitative estimate of drug-likeness (QED) is 0.600. The van der Waals surface area contributed by atoms with Gasteiger partial charge in [0, 0.05) is 24.0 Å². The number of hydrogen-bond acceptors (Lipinski definition) is 4. The summed E-state index contributed by atoms with van der Waals surface area (Å²) in [6.45, 7) is 0.773. The number of carboxylic acids is 1. The summed E-state index contributed by atoms with van der Waals surface area (Å²) in [5, 5.41) is 9.76. The van der Waals surface area contributed by atoms with Gasteiger partial charge in [-0.25, -0.2) is 18.2 Å². The van der Waals surface area contributed by atoms with E-state index in [1.165, 1.54) is 40.7 Å². The molecule has 0 spiro atoms. The number of carbonyl (C=O) groups is 1. The van der Waals surface area contributed by atoms with Gasteiger partial charge in [0.25, 0.3) is 0 Å². The first-order chi connectivity index (χ1) is 15.1. The Hall–Kier alpha value is -2.98. The summed E-state index contributed by atoms with van der Waals surface area (Å²) in [7, 11) is -3.82. The van der Waals surface area contributed by atoms with E-state index in [2.05, 4.69) is 4.98 Å². The molecule has 0 radical (unpaired) electrons. The van der Waals surface area contributed by atoms with Gasteiger partial charge in [-0.3, -0.25) is 0 Å². The SMILES string of the molecule is O=C(O)c1cc(-c2ccccc2C(F)(F)F)nc2ccc(S(=O)(=O)N3CCCCC3)cc12. The molecule has 0 amide bonds. The van der Waals surface area contributed by atoms with E-state index in [1.807, 2.05) is 0 Å². The van der Waals surface area contributed by atoms with Crippen LogP contribution in [0.3, 0.4) is 0 Å². The number of hydrogen-bond donors (Lipinski definition) is 1. The number of rotatable bonds is 4. The van der Waals surface area contributed by atoms with Crippen molar-refractivity contribution >= 4 is 26.9 Å². The number of carboxylic acid groups (broad SMARTS) is 1. The van der Waals surface area contributed by atoms with E-state index in [1.54, 1.807) is 0 Å². The summed E-state index contributed by atoms with van der Waals surface area (Å²) < 4.78 is 67.7. The molecule has 1 aliphatic heterocycles. The summed E-state index contributed by atoms with van der Waals surface area (Å²) in [5.74, 6) is -1.39. The molecule has 0 unspecified atom stereocenters. The van der Waals surface area contributed by atoms with Crippen LogP contribution in [0.2, 0.25) is 0 Å². The molecule has 1 fully saturated rings. The van der Waals surface area contributed by atoms with Crippen molar-refractivity contribution in [3.63, 3.8) is 0 Å². The van der Waals surface area contributed by atoms with Gasteiger partial charge in [0.2, 0.25) is 10.0 Å². The van der Waals surface area contributed by atoms with Crippen LogP contribution in [0.4, 0.5) is 13.2 Å². The van der Waals surface area contributed by atoms with Gasteiger partial charge in [-0.05, 0) is 43.2 Å². The zero-order valence-corrected chi connectivity index (χ0v) is 17.6. The second-order valence-electron chi connectivity index (χ2n) is 7.55. The van der Waals surface area contributed by atoms with Crippen molar-refractivity contribution in [1.82, 2.24) is 9.29 Å². The molecule has 168 valence electrons. The topological polar surface area (TPSA) is 87.6 Å². The Morgan fingerprint density at radius 1 is 1.00 bits per heavy atom. The van der Waals surface area contributed by atoms with Crippen LogP contribution in [0.1, 0.15) is 35.2 Å². The molecule has 2 aromatic carbocycles. The van der Waals surface area contributed by atoms with Crippen molar-refractivity contribution in [2.45, 2.75) is 30.3 Å². The number of benzene rings is 2. The molecular weight excluding hydrogens is 445 g/mol. The van der Waals surface area contributed by atoms with Crippen molar-refractivity contribution in [1.29, 1.82) is 0 Å². The number of sulfonamides is 1. The minimum Gasteiger partial charge on any atom is -0.478 e. The summed E-state index contributed by atoms with van der Waals surface area (Å²) in [6.07, 6.45) is -2.21. The van der Waals surface area contributed by atoms with Gasteiger partial charge in [0.05, 0.1) is 27.2 Å². The van der Waals surface area contributed by atoms with Crippen LogP contribution in [0, 0.1) is 0 Å². The number of aromatic nitrogens is 1. The Morgan fingerprint density at radius 2 is 1.69 bits per heavy atom. The molecule has 6 nitrogen and oxygen atoms in total. The van der Waals surface area contributed by atoms with Gasteiger partial charge >= 0.3 is 12.1 Å². The number of piperidine rings is 1. The van der Waals surface area contributed by atoms with Gasteiger partial charge < -0.3 is 5.11 Å². The average molecular weight is 464 g/mol. The third-order valence-corrected chi connectivity index (χ3v) is 7.37. The molecule has 2 heterocycles. The first-order valence-electron chi connectivity index (χ1n) is 9.94. The monoisotopic (exact) mass is 464 g/mol. The van der Waals surface area contributed by atoms with E-state index < -0.39 is 27.7 Å². The van der Waals surface area contributed by atoms with Crippen LogP contribution >= 0.6 is 0 Å². The lowest BCUT2D eigenvalue weighted by atomic mass is 10.00. The van der Waals surface area contributed by atoms with E-state index in [0.717, 1.165) is 31.4 Å². The second kappa shape index (κ2) is 8.18. The lowest BCUT2D eigenvalue weighted by molar-refractivity contribution is -0.137. The standard InChI is InChI=1S/C22H19F3N2O4S/c23-22(24,25)18-7-3-2-6-15(18)20-13-17(21(28)29)16-12-14(8-9-19(16)26-20)32(30,31)27-10-4-1-5-11-27/h2-3,6-9,12-13H,1,4-5,10-11H2,(H,28,29). The minimum atomic E-state index is -4.65. The second-order valence-corrected chi connectivity index (χ2v) is 9.49. The molecule has 0 aliphatic carbocycles. The fourth-order valence-electron chi connectivity index (χ4n) is 3.89. The van der Waals surface area contributed by atoms with Gasteiger partial charge in [-0.15, -0.1) is 0 Å². The van der Waals surface area contributed by atoms with E-state index in [4.69, 9.17) is 0 Å². The van der Waals surface area contributed by atoms with Crippen LogP contribution in [0.5, 0.6) is 0 Å². The Bertz CT molecular complexity index is 1300. The smallest absolute Gasteiger partial charge is 0.417 e. The fourth-order valence-corrected chi connectivity index (χ4v) is 5.43. The number of fused-ring (bicyclic) bond motifs is 1. The summed E-state index contributed by atoms with van der Waals surface area (Å²) >= 11 is 0. The highest BCUT2D eigenvalue weighted by atomic mass is 32.2. The highest BCUT2D eigenvalue weighted by Crippen LogP contribution is 2.37. The van der Waals surface area contributed by atoms with Gasteiger partial charge in [0.15, 0.2) is 0 Å². The van der Waals surface area contributed by atoms with Crippen molar-refractivity contribution in [2.75, 3.05) is 13.1 Å². The Labute approximate surface area is 182 Å². The zero-order chi connectivity index (χ0) is 23.1. The van der Waals surface area contributed by atoms with Crippen molar-refractivity contribution in [3.8, 4) is 11.3 Å².